The number of nitrogens with two attached hydrogens (primary N) is 1. The quantitative estimate of drug-likeness (QED) is 0.637. The Labute approximate surface area is 157 Å². The first-order valence-corrected chi connectivity index (χ1v) is 9.19. The number of hydrogen-bond donors (Lipinski definition) is 2. The maximum absolute atomic E-state index is 13.4. The summed E-state index contributed by atoms with van der Waals surface area (Å²) in [7, 11) is -3.84. The molecule has 0 radical (unpaired) electrons. The lowest BCUT2D eigenvalue weighted by Gasteiger charge is -2.11. The summed E-state index contributed by atoms with van der Waals surface area (Å²) >= 11 is 0. The zero-order valence-electron chi connectivity index (χ0n) is 13.9. The van der Waals surface area contributed by atoms with E-state index in [1.54, 1.807) is 0 Å². The summed E-state index contributed by atoms with van der Waals surface area (Å²) in [5.74, 6) is -1.32. The van der Waals surface area contributed by atoms with E-state index >= 15 is 0 Å². The van der Waals surface area contributed by atoms with Gasteiger partial charge in [-0.2, -0.15) is 13.2 Å². The third kappa shape index (κ3) is 4.43. The van der Waals surface area contributed by atoms with Crippen molar-refractivity contribution in [3.8, 4) is 11.3 Å². The SMILES string of the molecule is NS(=O)(=O)c1ccc(Nc2nccc(-c3ccc(F)c(C(F)(F)F)c3)n2)cc1. The minimum Gasteiger partial charge on any atom is -0.324 e. The van der Waals surface area contributed by atoms with Gasteiger partial charge < -0.3 is 5.32 Å². The summed E-state index contributed by atoms with van der Waals surface area (Å²) in [6.07, 6.45) is -3.51. The molecule has 0 aliphatic rings. The molecule has 2 aromatic carbocycles. The fourth-order valence-corrected chi connectivity index (χ4v) is 2.85. The van der Waals surface area contributed by atoms with Crippen LogP contribution >= 0.6 is 0 Å². The number of nitrogens with one attached hydrogen (secondary N) is 1. The lowest BCUT2D eigenvalue weighted by Crippen LogP contribution is -2.11. The first-order chi connectivity index (χ1) is 13.0. The normalized spacial score (nSPS) is 12.0. The van der Waals surface area contributed by atoms with Crippen LogP contribution in [0.25, 0.3) is 11.3 Å². The molecule has 0 atom stereocenters. The summed E-state index contributed by atoms with van der Waals surface area (Å²) in [6, 6.07) is 9.35. The summed E-state index contributed by atoms with van der Waals surface area (Å²) in [5.41, 5.74) is -0.760. The second-order valence-corrected chi connectivity index (χ2v) is 7.21. The molecule has 0 unspecified atom stereocenters. The van der Waals surface area contributed by atoms with Crippen LogP contribution in [-0.2, 0) is 16.2 Å². The van der Waals surface area contributed by atoms with Gasteiger partial charge in [-0.1, -0.05) is 0 Å². The second-order valence-electron chi connectivity index (χ2n) is 5.65. The second kappa shape index (κ2) is 7.17. The number of hydrogen-bond acceptors (Lipinski definition) is 5. The average Bonchev–Trinajstić information content (AvgIpc) is 2.61. The van der Waals surface area contributed by atoms with E-state index in [1.165, 1.54) is 42.6 Å². The van der Waals surface area contributed by atoms with E-state index in [0.717, 1.165) is 6.07 Å². The Balaban J connectivity index is 1.89. The zero-order valence-corrected chi connectivity index (χ0v) is 14.7. The molecule has 1 heterocycles. The van der Waals surface area contributed by atoms with Gasteiger partial charge in [-0.15, -0.1) is 0 Å². The molecule has 0 spiro atoms. The molecule has 0 bridgehead atoms. The Hall–Kier alpha value is -3.05. The van der Waals surface area contributed by atoms with Gasteiger partial charge in [0.25, 0.3) is 0 Å². The van der Waals surface area contributed by atoms with Gasteiger partial charge in [-0.25, -0.2) is 27.9 Å². The van der Waals surface area contributed by atoms with Crippen LogP contribution in [0.4, 0.5) is 29.2 Å². The third-order valence-corrected chi connectivity index (χ3v) is 4.59. The Morgan fingerprint density at radius 1 is 1.00 bits per heavy atom. The van der Waals surface area contributed by atoms with E-state index in [-0.39, 0.29) is 22.1 Å². The van der Waals surface area contributed by atoms with Crippen LogP contribution in [0.2, 0.25) is 0 Å². The molecule has 0 saturated heterocycles. The standard InChI is InChI=1S/C17H12F4N4O2S/c18-14-6-1-10(9-13(14)17(19,20)21)15-7-8-23-16(25-15)24-11-2-4-12(5-3-11)28(22,26)27/h1-9H,(H2,22,26,27)(H,23,24,25). The summed E-state index contributed by atoms with van der Waals surface area (Å²) < 4.78 is 74.6. The highest BCUT2D eigenvalue weighted by Crippen LogP contribution is 2.34. The number of primary sulfonamides is 1. The predicted octanol–water partition coefficient (Wildman–Crippen LogP) is 3.69. The number of aromatic nitrogens is 2. The van der Waals surface area contributed by atoms with Crippen LogP contribution in [0.1, 0.15) is 5.56 Å². The van der Waals surface area contributed by atoms with Crippen LogP contribution in [0.3, 0.4) is 0 Å². The molecule has 3 rings (SSSR count). The molecule has 3 N–H and O–H groups in total. The number of alkyl halides is 3. The molecular formula is C17H12F4N4O2S. The van der Waals surface area contributed by atoms with Gasteiger partial charge in [0.05, 0.1) is 16.2 Å². The molecule has 146 valence electrons. The lowest BCUT2D eigenvalue weighted by atomic mass is 10.1. The number of nitrogens with zero attached hydrogens (tertiary/aromatic N) is 2. The van der Waals surface area contributed by atoms with Gasteiger partial charge in [0, 0.05) is 17.4 Å². The van der Waals surface area contributed by atoms with Gasteiger partial charge in [-0.05, 0) is 48.5 Å². The van der Waals surface area contributed by atoms with Crippen molar-refractivity contribution < 1.29 is 26.0 Å². The zero-order chi connectivity index (χ0) is 20.5. The van der Waals surface area contributed by atoms with Gasteiger partial charge >= 0.3 is 6.18 Å². The van der Waals surface area contributed by atoms with E-state index in [9.17, 15) is 26.0 Å². The number of sulfonamides is 1. The molecule has 0 fully saturated rings. The Kier molecular flexibility index (Phi) is 5.04. The average molecular weight is 412 g/mol. The number of halogens is 4. The minimum atomic E-state index is -4.83. The van der Waals surface area contributed by atoms with Gasteiger partial charge in [0.1, 0.15) is 5.82 Å². The maximum atomic E-state index is 13.4. The third-order valence-electron chi connectivity index (χ3n) is 3.66. The van der Waals surface area contributed by atoms with Gasteiger partial charge in [-0.3, -0.25) is 0 Å². The molecule has 0 aliphatic heterocycles. The molecule has 1 aromatic heterocycles. The smallest absolute Gasteiger partial charge is 0.324 e. The molecule has 3 aromatic rings. The largest absolute Gasteiger partial charge is 0.419 e. The van der Waals surface area contributed by atoms with E-state index in [2.05, 4.69) is 15.3 Å². The Bertz CT molecular complexity index is 1120. The van der Waals surface area contributed by atoms with E-state index in [1.807, 2.05) is 0 Å². The van der Waals surface area contributed by atoms with Crippen LogP contribution in [-0.4, -0.2) is 18.4 Å². The van der Waals surface area contributed by atoms with E-state index in [0.29, 0.717) is 11.8 Å². The van der Waals surface area contributed by atoms with Crippen molar-refractivity contribution in [3.63, 3.8) is 0 Å². The topological polar surface area (TPSA) is 98.0 Å². The Morgan fingerprint density at radius 3 is 2.29 bits per heavy atom. The predicted molar refractivity (Wildman–Crippen MR) is 93.5 cm³/mol. The molecule has 0 aliphatic carbocycles. The molecule has 11 heteroatoms. The fourth-order valence-electron chi connectivity index (χ4n) is 2.34. The van der Waals surface area contributed by atoms with Crippen molar-refractivity contribution >= 4 is 21.7 Å². The van der Waals surface area contributed by atoms with E-state index in [4.69, 9.17) is 5.14 Å². The van der Waals surface area contributed by atoms with Crippen molar-refractivity contribution in [1.29, 1.82) is 0 Å². The van der Waals surface area contributed by atoms with Gasteiger partial charge in [0.2, 0.25) is 16.0 Å². The molecular weight excluding hydrogens is 400 g/mol. The summed E-state index contributed by atoms with van der Waals surface area (Å²) in [6.45, 7) is 0. The highest BCUT2D eigenvalue weighted by molar-refractivity contribution is 7.89. The summed E-state index contributed by atoms with van der Waals surface area (Å²) in [5, 5.41) is 7.81. The van der Waals surface area contributed by atoms with Crippen molar-refractivity contribution in [2.75, 3.05) is 5.32 Å². The summed E-state index contributed by atoms with van der Waals surface area (Å²) in [4.78, 5) is 7.98. The van der Waals surface area contributed by atoms with Crippen LogP contribution < -0.4 is 10.5 Å². The molecule has 6 nitrogen and oxygen atoms in total. The minimum absolute atomic E-state index is 0.0544. The van der Waals surface area contributed by atoms with Crippen molar-refractivity contribution in [1.82, 2.24) is 9.97 Å². The first-order valence-electron chi connectivity index (χ1n) is 7.64. The van der Waals surface area contributed by atoms with E-state index < -0.39 is 27.6 Å². The van der Waals surface area contributed by atoms with Crippen LogP contribution in [0, 0.1) is 5.82 Å². The monoisotopic (exact) mass is 412 g/mol. The Morgan fingerprint density at radius 2 is 1.68 bits per heavy atom. The molecule has 0 amide bonds. The maximum Gasteiger partial charge on any atom is 0.419 e. The first kappa shape index (κ1) is 19.7. The fraction of sp³-hybridized carbons (Fsp3) is 0.0588. The van der Waals surface area contributed by atoms with Crippen molar-refractivity contribution in [3.05, 3.63) is 66.1 Å². The van der Waals surface area contributed by atoms with Crippen LogP contribution in [0.5, 0.6) is 0 Å². The highest BCUT2D eigenvalue weighted by atomic mass is 32.2. The van der Waals surface area contributed by atoms with Crippen molar-refractivity contribution in [2.24, 2.45) is 5.14 Å². The lowest BCUT2D eigenvalue weighted by molar-refractivity contribution is -0.139. The molecule has 28 heavy (non-hydrogen) atoms. The van der Waals surface area contributed by atoms with Crippen molar-refractivity contribution in [2.45, 2.75) is 11.1 Å². The molecule has 0 saturated carbocycles. The number of anilines is 2. The highest BCUT2D eigenvalue weighted by Gasteiger charge is 2.34. The van der Waals surface area contributed by atoms with Crippen LogP contribution in [0.15, 0.2) is 59.6 Å². The van der Waals surface area contributed by atoms with Gasteiger partial charge in [0.15, 0.2) is 0 Å². The number of benzene rings is 2. The number of rotatable bonds is 4.